The Bertz CT molecular complexity index is 1010. The highest BCUT2D eigenvalue weighted by atomic mass is 35.5. The van der Waals surface area contributed by atoms with E-state index < -0.39 is 0 Å². The van der Waals surface area contributed by atoms with Crippen molar-refractivity contribution in [3.8, 4) is 11.4 Å². The third kappa shape index (κ3) is 2.72. The van der Waals surface area contributed by atoms with Crippen molar-refractivity contribution >= 4 is 34.1 Å². The minimum atomic E-state index is 0.651. The van der Waals surface area contributed by atoms with Crippen LogP contribution in [0.2, 0.25) is 5.02 Å². The van der Waals surface area contributed by atoms with E-state index in [9.17, 15) is 0 Å². The summed E-state index contributed by atoms with van der Waals surface area (Å²) >= 11 is 6.27. The van der Waals surface area contributed by atoms with Crippen LogP contribution in [0.1, 0.15) is 5.69 Å². The zero-order valence-electron chi connectivity index (χ0n) is 13.0. The van der Waals surface area contributed by atoms with Crippen molar-refractivity contribution in [2.24, 2.45) is 0 Å². The zero-order chi connectivity index (χ0) is 16.5. The predicted molar refractivity (Wildman–Crippen MR) is 98.8 cm³/mol. The molecule has 118 valence electrons. The Morgan fingerprint density at radius 3 is 2.50 bits per heavy atom. The fourth-order valence-electron chi connectivity index (χ4n) is 2.64. The summed E-state index contributed by atoms with van der Waals surface area (Å²) < 4.78 is 0. The zero-order valence-corrected chi connectivity index (χ0v) is 13.8. The molecule has 0 aliphatic rings. The monoisotopic (exact) mass is 334 g/mol. The van der Waals surface area contributed by atoms with Crippen LogP contribution >= 0.6 is 11.6 Å². The van der Waals surface area contributed by atoms with Gasteiger partial charge < -0.3 is 10.3 Å². The second-order valence-corrected chi connectivity index (χ2v) is 5.99. The molecule has 4 aromatic rings. The number of aromatic amines is 1. The van der Waals surface area contributed by atoms with E-state index in [1.165, 1.54) is 0 Å². The number of anilines is 2. The van der Waals surface area contributed by atoms with Gasteiger partial charge in [-0.1, -0.05) is 54.1 Å². The predicted octanol–water partition coefficient (Wildman–Crippen LogP) is 5.33. The molecule has 0 aliphatic heterocycles. The number of benzene rings is 2. The van der Waals surface area contributed by atoms with E-state index in [1.807, 2.05) is 67.6 Å². The Balaban J connectivity index is 1.88. The topological polar surface area (TPSA) is 53.6 Å². The molecule has 0 unspecified atom stereocenters. The summed E-state index contributed by atoms with van der Waals surface area (Å²) in [6.45, 7) is 2.00. The van der Waals surface area contributed by atoms with Gasteiger partial charge in [-0.2, -0.15) is 0 Å². The average molecular weight is 335 g/mol. The fraction of sp³-hybridized carbons (Fsp3) is 0.0526. The summed E-state index contributed by atoms with van der Waals surface area (Å²) in [5, 5.41) is 4.92. The van der Waals surface area contributed by atoms with E-state index in [0.717, 1.165) is 33.8 Å². The van der Waals surface area contributed by atoms with Gasteiger partial charge in [-0.3, -0.25) is 0 Å². The molecular formula is C19H15ClN4. The van der Waals surface area contributed by atoms with E-state index in [2.05, 4.69) is 15.3 Å². The quantitative estimate of drug-likeness (QED) is 0.532. The summed E-state index contributed by atoms with van der Waals surface area (Å²) in [7, 11) is 0. The van der Waals surface area contributed by atoms with Crippen molar-refractivity contribution < 1.29 is 0 Å². The number of fused-ring (bicyclic) bond motifs is 1. The molecule has 4 rings (SSSR count). The minimum absolute atomic E-state index is 0.651. The Labute approximate surface area is 144 Å². The molecule has 4 nitrogen and oxygen atoms in total. The molecule has 24 heavy (non-hydrogen) atoms. The smallest absolute Gasteiger partial charge is 0.163 e. The standard InChI is InChI=1S/C19H15ClN4/c1-12-11-14-18(21-12)23-17(13-7-3-2-4-8-13)24-19(14)22-16-10-6-5-9-15(16)20/h2-11H,1H3,(H2,21,22,23,24). The van der Waals surface area contributed by atoms with Gasteiger partial charge in [-0.15, -0.1) is 0 Å². The molecule has 0 saturated heterocycles. The number of nitrogens with zero attached hydrogens (tertiary/aromatic N) is 2. The lowest BCUT2D eigenvalue weighted by atomic mass is 10.2. The molecule has 0 aliphatic carbocycles. The SMILES string of the molecule is Cc1cc2c(Nc3ccccc3Cl)nc(-c3ccccc3)nc2[nH]1. The molecule has 2 aromatic carbocycles. The molecule has 0 fully saturated rings. The number of H-pyrrole nitrogens is 1. The molecule has 0 radical (unpaired) electrons. The molecule has 2 aromatic heterocycles. The third-order valence-electron chi connectivity index (χ3n) is 3.78. The summed E-state index contributed by atoms with van der Waals surface area (Å²) in [5.74, 6) is 1.40. The van der Waals surface area contributed by atoms with Crippen molar-refractivity contribution in [1.29, 1.82) is 0 Å². The Hall–Kier alpha value is -2.85. The Kier molecular flexibility index (Phi) is 3.67. The number of halogens is 1. The number of hydrogen-bond acceptors (Lipinski definition) is 3. The first-order chi connectivity index (χ1) is 11.7. The van der Waals surface area contributed by atoms with E-state index in [0.29, 0.717) is 10.8 Å². The Morgan fingerprint density at radius 2 is 1.71 bits per heavy atom. The van der Waals surface area contributed by atoms with Crippen molar-refractivity contribution in [3.05, 3.63) is 71.4 Å². The highest BCUT2D eigenvalue weighted by molar-refractivity contribution is 6.33. The van der Waals surface area contributed by atoms with E-state index in [4.69, 9.17) is 16.6 Å². The van der Waals surface area contributed by atoms with Crippen LogP contribution in [0, 0.1) is 6.92 Å². The third-order valence-corrected chi connectivity index (χ3v) is 4.11. The second-order valence-electron chi connectivity index (χ2n) is 5.58. The van der Waals surface area contributed by atoms with Gasteiger partial charge >= 0.3 is 0 Å². The second kappa shape index (κ2) is 5.98. The van der Waals surface area contributed by atoms with Crippen LogP contribution in [-0.2, 0) is 0 Å². The first-order valence-electron chi connectivity index (χ1n) is 7.65. The van der Waals surface area contributed by atoms with Gasteiger partial charge in [0.05, 0.1) is 16.1 Å². The van der Waals surface area contributed by atoms with Crippen molar-refractivity contribution in [3.63, 3.8) is 0 Å². The number of para-hydroxylation sites is 1. The molecule has 0 bridgehead atoms. The van der Waals surface area contributed by atoms with Crippen LogP contribution in [0.25, 0.3) is 22.4 Å². The largest absolute Gasteiger partial charge is 0.343 e. The van der Waals surface area contributed by atoms with E-state index in [1.54, 1.807) is 0 Å². The molecule has 5 heteroatoms. The van der Waals surface area contributed by atoms with Gasteiger partial charge in [-0.05, 0) is 25.1 Å². The number of aryl methyl sites for hydroxylation is 1. The van der Waals surface area contributed by atoms with Crippen molar-refractivity contribution in [1.82, 2.24) is 15.0 Å². The number of hydrogen-bond donors (Lipinski definition) is 2. The van der Waals surface area contributed by atoms with E-state index in [-0.39, 0.29) is 0 Å². The molecule has 2 heterocycles. The van der Waals surface area contributed by atoms with Gasteiger partial charge in [-0.25, -0.2) is 9.97 Å². The molecule has 0 saturated carbocycles. The highest BCUT2D eigenvalue weighted by Gasteiger charge is 2.12. The van der Waals surface area contributed by atoms with E-state index >= 15 is 0 Å². The maximum absolute atomic E-state index is 6.27. The lowest BCUT2D eigenvalue weighted by molar-refractivity contribution is 1.19. The first-order valence-corrected chi connectivity index (χ1v) is 8.03. The summed E-state index contributed by atoms with van der Waals surface area (Å²) in [6, 6.07) is 19.6. The lowest BCUT2D eigenvalue weighted by Gasteiger charge is -2.10. The fourth-order valence-corrected chi connectivity index (χ4v) is 2.83. The minimum Gasteiger partial charge on any atom is -0.343 e. The summed E-state index contributed by atoms with van der Waals surface area (Å²) in [5.41, 5.74) is 3.62. The van der Waals surface area contributed by atoms with Gasteiger partial charge in [0.25, 0.3) is 0 Å². The van der Waals surface area contributed by atoms with Gasteiger partial charge in [0.15, 0.2) is 5.82 Å². The molecule has 0 atom stereocenters. The Morgan fingerprint density at radius 1 is 0.958 bits per heavy atom. The molecule has 0 spiro atoms. The van der Waals surface area contributed by atoms with Crippen LogP contribution in [0.4, 0.5) is 11.5 Å². The molecular weight excluding hydrogens is 320 g/mol. The van der Waals surface area contributed by atoms with Crippen LogP contribution in [0.5, 0.6) is 0 Å². The summed E-state index contributed by atoms with van der Waals surface area (Å²) in [6.07, 6.45) is 0. The van der Waals surface area contributed by atoms with Crippen LogP contribution < -0.4 is 5.32 Å². The maximum Gasteiger partial charge on any atom is 0.163 e. The van der Waals surface area contributed by atoms with Gasteiger partial charge in [0.1, 0.15) is 11.5 Å². The van der Waals surface area contributed by atoms with Gasteiger partial charge in [0.2, 0.25) is 0 Å². The van der Waals surface area contributed by atoms with Crippen LogP contribution in [-0.4, -0.2) is 15.0 Å². The maximum atomic E-state index is 6.27. The van der Waals surface area contributed by atoms with Crippen LogP contribution in [0.3, 0.4) is 0 Å². The highest BCUT2D eigenvalue weighted by Crippen LogP contribution is 2.30. The number of nitrogens with one attached hydrogen (secondary N) is 2. The molecule has 2 N–H and O–H groups in total. The lowest BCUT2D eigenvalue weighted by Crippen LogP contribution is -1.99. The number of rotatable bonds is 3. The van der Waals surface area contributed by atoms with Gasteiger partial charge in [0, 0.05) is 11.3 Å². The van der Waals surface area contributed by atoms with Crippen molar-refractivity contribution in [2.45, 2.75) is 6.92 Å². The van der Waals surface area contributed by atoms with Crippen LogP contribution in [0.15, 0.2) is 60.7 Å². The summed E-state index contributed by atoms with van der Waals surface area (Å²) in [4.78, 5) is 12.7. The average Bonchev–Trinajstić information content (AvgIpc) is 2.98. The first kappa shape index (κ1) is 14.7. The van der Waals surface area contributed by atoms with Crippen molar-refractivity contribution in [2.75, 3.05) is 5.32 Å². The number of aromatic nitrogens is 3. The normalized spacial score (nSPS) is 10.9. The molecule has 0 amide bonds.